The molecule has 1 aliphatic heterocycles. The molecule has 2 aromatic rings. The van der Waals surface area contributed by atoms with Gasteiger partial charge in [-0.25, -0.2) is 4.98 Å². The van der Waals surface area contributed by atoms with Crippen LogP contribution in [-0.4, -0.2) is 18.1 Å². The lowest BCUT2D eigenvalue weighted by Gasteiger charge is -2.20. The maximum absolute atomic E-state index is 4.81. The number of aryl methyl sites for hydroxylation is 1. The third kappa shape index (κ3) is 2.26. The minimum atomic E-state index is 0.605. The van der Waals surface area contributed by atoms with Crippen molar-refractivity contribution in [1.82, 2.24) is 10.3 Å². The predicted molar refractivity (Wildman–Crippen MR) is 76.9 cm³/mol. The molecule has 90 valence electrons. The second kappa shape index (κ2) is 4.67. The fraction of sp³-hybridized carbons (Fsp3) is 0.462. The van der Waals surface area contributed by atoms with Crippen molar-refractivity contribution < 1.29 is 0 Å². The first-order chi connectivity index (χ1) is 8.24. The van der Waals surface area contributed by atoms with Crippen LogP contribution in [-0.2, 0) is 0 Å². The van der Waals surface area contributed by atoms with Crippen molar-refractivity contribution in [2.24, 2.45) is 0 Å². The molecule has 1 atom stereocenters. The molecule has 0 saturated carbocycles. The average Bonchev–Trinajstić information content (AvgIpc) is 2.74. The Morgan fingerprint density at radius 2 is 2.35 bits per heavy atom. The van der Waals surface area contributed by atoms with E-state index in [1.165, 1.54) is 28.1 Å². The topological polar surface area (TPSA) is 24.9 Å². The standard InChI is InChI=1S/C13H15BrN2S/c1-8-5-10(14)12-11(6-8)17-13(16-12)9-3-2-4-15-7-9/h5-6,9,15H,2-4,7H2,1H3. The molecule has 1 saturated heterocycles. The fourth-order valence-electron chi connectivity index (χ4n) is 2.37. The first-order valence-corrected chi connectivity index (χ1v) is 7.62. The average molecular weight is 311 g/mol. The van der Waals surface area contributed by atoms with Gasteiger partial charge in [-0.05, 0) is 59.9 Å². The highest BCUT2D eigenvalue weighted by atomic mass is 79.9. The Balaban J connectivity index is 2.03. The molecule has 17 heavy (non-hydrogen) atoms. The number of nitrogens with one attached hydrogen (secondary N) is 1. The minimum Gasteiger partial charge on any atom is -0.316 e. The highest BCUT2D eigenvalue weighted by Crippen LogP contribution is 2.34. The zero-order valence-corrected chi connectivity index (χ0v) is 12.2. The Morgan fingerprint density at radius 1 is 1.47 bits per heavy atom. The Morgan fingerprint density at radius 3 is 3.12 bits per heavy atom. The van der Waals surface area contributed by atoms with Crippen LogP contribution in [0.5, 0.6) is 0 Å². The van der Waals surface area contributed by atoms with Gasteiger partial charge in [-0.1, -0.05) is 0 Å². The Bertz CT molecular complexity index is 544. The molecule has 2 heterocycles. The van der Waals surface area contributed by atoms with Gasteiger partial charge in [0.05, 0.1) is 15.2 Å². The molecule has 0 radical (unpaired) electrons. The molecule has 0 aliphatic carbocycles. The zero-order chi connectivity index (χ0) is 11.8. The van der Waals surface area contributed by atoms with Gasteiger partial charge >= 0.3 is 0 Å². The maximum Gasteiger partial charge on any atom is 0.0982 e. The van der Waals surface area contributed by atoms with E-state index >= 15 is 0 Å². The van der Waals surface area contributed by atoms with E-state index in [1.807, 2.05) is 11.3 Å². The van der Waals surface area contributed by atoms with E-state index in [0.29, 0.717) is 5.92 Å². The molecule has 1 aromatic carbocycles. The molecule has 4 heteroatoms. The van der Waals surface area contributed by atoms with Crippen molar-refractivity contribution in [3.63, 3.8) is 0 Å². The number of rotatable bonds is 1. The highest BCUT2D eigenvalue weighted by molar-refractivity contribution is 9.10. The molecule has 0 spiro atoms. The van der Waals surface area contributed by atoms with Crippen LogP contribution < -0.4 is 5.32 Å². The van der Waals surface area contributed by atoms with E-state index in [0.717, 1.165) is 23.1 Å². The largest absolute Gasteiger partial charge is 0.316 e. The van der Waals surface area contributed by atoms with Crippen LogP contribution in [0.25, 0.3) is 10.2 Å². The van der Waals surface area contributed by atoms with Crippen molar-refractivity contribution in [2.45, 2.75) is 25.7 Å². The number of aromatic nitrogens is 1. The van der Waals surface area contributed by atoms with Crippen LogP contribution in [0.3, 0.4) is 0 Å². The van der Waals surface area contributed by atoms with Gasteiger partial charge in [-0.15, -0.1) is 11.3 Å². The van der Waals surface area contributed by atoms with Crippen molar-refractivity contribution in [3.05, 3.63) is 27.2 Å². The molecule has 3 rings (SSSR count). The summed E-state index contributed by atoms with van der Waals surface area (Å²) in [7, 11) is 0. The quantitative estimate of drug-likeness (QED) is 0.865. The molecule has 1 N–H and O–H groups in total. The smallest absolute Gasteiger partial charge is 0.0982 e. The molecular weight excluding hydrogens is 296 g/mol. The maximum atomic E-state index is 4.81. The zero-order valence-electron chi connectivity index (χ0n) is 9.79. The molecule has 1 aromatic heterocycles. The second-order valence-electron chi connectivity index (χ2n) is 4.69. The third-order valence-corrected chi connectivity index (χ3v) is 5.02. The van der Waals surface area contributed by atoms with Crippen molar-refractivity contribution in [1.29, 1.82) is 0 Å². The van der Waals surface area contributed by atoms with E-state index in [4.69, 9.17) is 4.98 Å². The Hall–Kier alpha value is -0.450. The van der Waals surface area contributed by atoms with Gasteiger partial charge < -0.3 is 5.32 Å². The number of fused-ring (bicyclic) bond motifs is 1. The van der Waals surface area contributed by atoms with Gasteiger partial charge in [0, 0.05) is 16.9 Å². The minimum absolute atomic E-state index is 0.605. The molecular formula is C13H15BrN2S. The molecule has 1 aliphatic rings. The summed E-state index contributed by atoms with van der Waals surface area (Å²) < 4.78 is 2.43. The van der Waals surface area contributed by atoms with Gasteiger partial charge in [-0.3, -0.25) is 0 Å². The monoisotopic (exact) mass is 310 g/mol. The Labute approximate surface area is 114 Å². The van der Waals surface area contributed by atoms with Gasteiger partial charge in [0.1, 0.15) is 0 Å². The van der Waals surface area contributed by atoms with Gasteiger partial charge in [0.25, 0.3) is 0 Å². The summed E-state index contributed by atoms with van der Waals surface area (Å²) in [5.74, 6) is 0.605. The van der Waals surface area contributed by atoms with Crippen LogP contribution in [0.1, 0.15) is 29.3 Å². The summed E-state index contributed by atoms with van der Waals surface area (Å²) in [4.78, 5) is 4.81. The summed E-state index contributed by atoms with van der Waals surface area (Å²) in [5.41, 5.74) is 2.42. The number of hydrogen-bond acceptors (Lipinski definition) is 3. The number of hydrogen-bond donors (Lipinski definition) is 1. The molecule has 1 fully saturated rings. The SMILES string of the molecule is Cc1cc(Br)c2nc(C3CCCNC3)sc2c1. The number of benzene rings is 1. The highest BCUT2D eigenvalue weighted by Gasteiger charge is 2.19. The van der Waals surface area contributed by atoms with Crippen LogP contribution in [0.2, 0.25) is 0 Å². The summed E-state index contributed by atoms with van der Waals surface area (Å²) in [6, 6.07) is 4.38. The number of piperidine rings is 1. The van der Waals surface area contributed by atoms with E-state index < -0.39 is 0 Å². The van der Waals surface area contributed by atoms with Gasteiger partial charge in [0.15, 0.2) is 0 Å². The van der Waals surface area contributed by atoms with Crippen LogP contribution in [0.4, 0.5) is 0 Å². The lowest BCUT2D eigenvalue weighted by atomic mass is 10.0. The lowest BCUT2D eigenvalue weighted by molar-refractivity contribution is 0.461. The van der Waals surface area contributed by atoms with Gasteiger partial charge in [0.2, 0.25) is 0 Å². The molecule has 2 nitrogen and oxygen atoms in total. The fourth-order valence-corrected chi connectivity index (χ4v) is 4.39. The van der Waals surface area contributed by atoms with Crippen molar-refractivity contribution in [2.75, 3.05) is 13.1 Å². The van der Waals surface area contributed by atoms with Crippen LogP contribution in [0, 0.1) is 6.92 Å². The van der Waals surface area contributed by atoms with E-state index in [9.17, 15) is 0 Å². The number of nitrogens with zero attached hydrogens (tertiary/aromatic N) is 1. The lowest BCUT2D eigenvalue weighted by Crippen LogP contribution is -2.28. The molecule has 0 bridgehead atoms. The van der Waals surface area contributed by atoms with E-state index in [-0.39, 0.29) is 0 Å². The first kappa shape index (κ1) is 11.6. The number of thiazole rings is 1. The van der Waals surface area contributed by atoms with Crippen LogP contribution >= 0.6 is 27.3 Å². The summed E-state index contributed by atoms with van der Waals surface area (Å²) in [5, 5.41) is 4.75. The predicted octanol–water partition coefficient (Wildman–Crippen LogP) is 3.83. The third-order valence-electron chi connectivity index (χ3n) is 3.26. The normalized spacial score (nSPS) is 20.9. The second-order valence-corrected chi connectivity index (χ2v) is 6.61. The van der Waals surface area contributed by atoms with Crippen molar-refractivity contribution >= 4 is 37.5 Å². The molecule has 0 amide bonds. The summed E-state index contributed by atoms with van der Waals surface area (Å²) in [6.45, 7) is 4.37. The van der Waals surface area contributed by atoms with Crippen LogP contribution in [0.15, 0.2) is 16.6 Å². The summed E-state index contributed by atoms with van der Waals surface area (Å²) in [6.07, 6.45) is 2.53. The Kier molecular flexibility index (Phi) is 3.19. The van der Waals surface area contributed by atoms with E-state index in [1.54, 1.807) is 0 Å². The number of halogens is 1. The van der Waals surface area contributed by atoms with Crippen molar-refractivity contribution in [3.8, 4) is 0 Å². The van der Waals surface area contributed by atoms with E-state index in [2.05, 4.69) is 40.3 Å². The molecule has 1 unspecified atom stereocenters. The first-order valence-electron chi connectivity index (χ1n) is 6.01. The van der Waals surface area contributed by atoms with Gasteiger partial charge in [-0.2, -0.15) is 0 Å². The summed E-state index contributed by atoms with van der Waals surface area (Å²) >= 11 is 5.46.